The van der Waals surface area contributed by atoms with Crippen LogP contribution < -0.4 is 5.32 Å². The van der Waals surface area contributed by atoms with Crippen molar-refractivity contribution in [1.29, 1.82) is 0 Å². The summed E-state index contributed by atoms with van der Waals surface area (Å²) < 4.78 is 10.2. The van der Waals surface area contributed by atoms with Gasteiger partial charge in [0.1, 0.15) is 0 Å². The fourth-order valence-corrected chi connectivity index (χ4v) is 2.36. The van der Waals surface area contributed by atoms with Crippen molar-refractivity contribution in [3.05, 3.63) is 0 Å². The third-order valence-corrected chi connectivity index (χ3v) is 3.99. The van der Waals surface area contributed by atoms with Crippen LogP contribution in [0.25, 0.3) is 0 Å². The number of ether oxygens (including phenoxy) is 2. The highest BCUT2D eigenvalue weighted by molar-refractivity contribution is 5.76. The molecular weight excluding hydrogens is 218 g/mol. The van der Waals surface area contributed by atoms with Crippen LogP contribution in [-0.2, 0) is 14.3 Å². The van der Waals surface area contributed by atoms with Gasteiger partial charge in [0.15, 0.2) is 0 Å². The summed E-state index contributed by atoms with van der Waals surface area (Å²) in [5, 5.41) is 3.45. The van der Waals surface area contributed by atoms with Crippen LogP contribution in [-0.4, -0.2) is 38.9 Å². The Hall–Kier alpha value is -0.610. The quantitative estimate of drug-likeness (QED) is 0.745. The van der Waals surface area contributed by atoms with Crippen molar-refractivity contribution in [2.75, 3.05) is 20.8 Å². The average molecular weight is 243 g/mol. The normalized spacial score (nSPS) is 27.4. The number of carbonyl (C=O) groups is 1. The standard InChI is InChI=1S/C13H25NO3/c1-12(2,11(15)17-6)8-14-9-7-10(16-5)13(9,3)4/h9-10,14H,7-8H2,1-6H3. The second-order valence-electron chi connectivity index (χ2n) is 6.09. The zero-order valence-corrected chi connectivity index (χ0v) is 11.8. The van der Waals surface area contributed by atoms with Crippen LogP contribution in [0.4, 0.5) is 0 Å². The average Bonchev–Trinajstić information content (AvgIpc) is 2.26. The number of esters is 1. The molecule has 0 radical (unpaired) electrons. The van der Waals surface area contributed by atoms with Crippen molar-refractivity contribution in [3.8, 4) is 0 Å². The molecule has 1 rings (SSSR count). The summed E-state index contributed by atoms with van der Waals surface area (Å²) in [6.07, 6.45) is 1.31. The van der Waals surface area contributed by atoms with Gasteiger partial charge in [0, 0.05) is 25.1 Å². The fraction of sp³-hybridized carbons (Fsp3) is 0.923. The van der Waals surface area contributed by atoms with Gasteiger partial charge >= 0.3 is 5.97 Å². The predicted molar refractivity (Wildman–Crippen MR) is 66.8 cm³/mol. The predicted octanol–water partition coefficient (Wildman–Crippen LogP) is 1.59. The van der Waals surface area contributed by atoms with E-state index in [-0.39, 0.29) is 11.4 Å². The highest BCUT2D eigenvalue weighted by Gasteiger charge is 2.48. The first-order valence-electron chi connectivity index (χ1n) is 6.10. The van der Waals surface area contributed by atoms with E-state index in [2.05, 4.69) is 19.2 Å². The minimum atomic E-state index is -0.483. The van der Waals surface area contributed by atoms with Gasteiger partial charge in [-0.05, 0) is 20.3 Å². The van der Waals surface area contributed by atoms with Crippen LogP contribution in [0.3, 0.4) is 0 Å². The van der Waals surface area contributed by atoms with Crippen molar-refractivity contribution in [3.63, 3.8) is 0 Å². The number of hydrogen-bond donors (Lipinski definition) is 1. The van der Waals surface area contributed by atoms with Crippen LogP contribution in [0.1, 0.15) is 34.1 Å². The molecule has 0 bridgehead atoms. The van der Waals surface area contributed by atoms with Crippen LogP contribution in [0.5, 0.6) is 0 Å². The Kier molecular flexibility index (Phi) is 4.20. The highest BCUT2D eigenvalue weighted by Crippen LogP contribution is 2.42. The summed E-state index contributed by atoms with van der Waals surface area (Å²) in [4.78, 5) is 11.5. The zero-order valence-electron chi connectivity index (χ0n) is 11.8. The van der Waals surface area contributed by atoms with E-state index in [1.54, 1.807) is 7.11 Å². The molecule has 0 saturated heterocycles. The zero-order chi connectivity index (χ0) is 13.3. The van der Waals surface area contributed by atoms with Crippen LogP contribution in [0, 0.1) is 10.8 Å². The summed E-state index contributed by atoms with van der Waals surface area (Å²) in [7, 11) is 3.18. The van der Waals surface area contributed by atoms with Crippen molar-refractivity contribution >= 4 is 5.97 Å². The van der Waals surface area contributed by atoms with E-state index >= 15 is 0 Å². The minimum Gasteiger partial charge on any atom is -0.469 e. The van der Waals surface area contributed by atoms with Crippen molar-refractivity contribution < 1.29 is 14.3 Å². The summed E-state index contributed by atoms with van der Waals surface area (Å²) in [6, 6.07) is 0.399. The highest BCUT2D eigenvalue weighted by atomic mass is 16.5. The molecule has 1 aliphatic rings. The lowest BCUT2D eigenvalue weighted by atomic mass is 9.64. The molecule has 4 nitrogen and oxygen atoms in total. The van der Waals surface area contributed by atoms with E-state index in [9.17, 15) is 4.79 Å². The van der Waals surface area contributed by atoms with Crippen molar-refractivity contribution in [2.45, 2.75) is 46.3 Å². The molecule has 100 valence electrons. The largest absolute Gasteiger partial charge is 0.469 e. The van der Waals surface area contributed by atoms with E-state index in [1.807, 2.05) is 13.8 Å². The van der Waals surface area contributed by atoms with Gasteiger partial charge in [0.2, 0.25) is 0 Å². The van der Waals surface area contributed by atoms with Gasteiger partial charge in [-0.25, -0.2) is 0 Å². The van der Waals surface area contributed by atoms with Crippen LogP contribution >= 0.6 is 0 Å². The Morgan fingerprint density at radius 3 is 2.41 bits per heavy atom. The van der Waals surface area contributed by atoms with Gasteiger partial charge in [-0.15, -0.1) is 0 Å². The lowest BCUT2D eigenvalue weighted by Crippen LogP contribution is -2.62. The number of nitrogens with one attached hydrogen (secondary N) is 1. The van der Waals surface area contributed by atoms with Crippen molar-refractivity contribution in [1.82, 2.24) is 5.32 Å². The Labute approximate surface area is 104 Å². The molecule has 0 heterocycles. The lowest BCUT2D eigenvalue weighted by molar-refractivity contribution is -0.151. The molecule has 0 spiro atoms. The summed E-state index contributed by atoms with van der Waals surface area (Å²) in [5.41, 5.74) is -0.357. The molecule has 1 N–H and O–H groups in total. The third kappa shape index (κ3) is 2.80. The van der Waals surface area contributed by atoms with E-state index in [1.165, 1.54) is 7.11 Å². The Morgan fingerprint density at radius 1 is 1.41 bits per heavy atom. The van der Waals surface area contributed by atoms with Crippen molar-refractivity contribution in [2.24, 2.45) is 10.8 Å². The molecule has 2 atom stereocenters. The topological polar surface area (TPSA) is 47.6 Å². The van der Waals surface area contributed by atoms with E-state index in [4.69, 9.17) is 9.47 Å². The maximum Gasteiger partial charge on any atom is 0.312 e. The molecule has 0 aliphatic heterocycles. The first-order valence-corrected chi connectivity index (χ1v) is 6.10. The summed E-state index contributed by atoms with van der Waals surface area (Å²) in [6.45, 7) is 8.79. The number of hydrogen-bond acceptors (Lipinski definition) is 4. The van der Waals surface area contributed by atoms with Crippen LogP contribution in [0.15, 0.2) is 0 Å². The second-order valence-corrected chi connectivity index (χ2v) is 6.09. The molecule has 2 unspecified atom stereocenters. The second kappa shape index (κ2) is 4.94. The minimum absolute atomic E-state index is 0.126. The van der Waals surface area contributed by atoms with Gasteiger partial charge in [-0.1, -0.05) is 13.8 Å². The Balaban J connectivity index is 2.46. The lowest BCUT2D eigenvalue weighted by Gasteiger charge is -2.52. The van der Waals surface area contributed by atoms with Gasteiger partial charge in [0.05, 0.1) is 18.6 Å². The molecule has 1 aliphatic carbocycles. The molecular formula is C13H25NO3. The fourth-order valence-electron chi connectivity index (χ4n) is 2.36. The third-order valence-electron chi connectivity index (χ3n) is 3.99. The first kappa shape index (κ1) is 14.5. The monoisotopic (exact) mass is 243 g/mol. The number of rotatable bonds is 5. The van der Waals surface area contributed by atoms with Gasteiger partial charge in [0.25, 0.3) is 0 Å². The number of carbonyl (C=O) groups excluding carboxylic acids is 1. The summed E-state index contributed by atoms with van der Waals surface area (Å²) >= 11 is 0. The SMILES string of the molecule is COC(=O)C(C)(C)CNC1CC(OC)C1(C)C. The Bertz CT molecular complexity index is 286. The first-order chi connectivity index (χ1) is 7.75. The molecule has 0 aromatic carbocycles. The van der Waals surface area contributed by atoms with Gasteiger partial charge in [-0.2, -0.15) is 0 Å². The molecule has 0 aromatic heterocycles. The summed E-state index contributed by atoms with van der Waals surface area (Å²) in [5.74, 6) is -0.176. The Morgan fingerprint density at radius 2 is 2.00 bits per heavy atom. The molecule has 0 aromatic rings. The van der Waals surface area contributed by atoms with Gasteiger partial charge < -0.3 is 14.8 Å². The smallest absolute Gasteiger partial charge is 0.312 e. The van der Waals surface area contributed by atoms with Crippen LogP contribution in [0.2, 0.25) is 0 Å². The number of methoxy groups -OCH3 is 2. The molecule has 0 amide bonds. The van der Waals surface area contributed by atoms with Gasteiger partial charge in [-0.3, -0.25) is 4.79 Å². The molecule has 1 fully saturated rings. The maximum atomic E-state index is 11.5. The molecule has 17 heavy (non-hydrogen) atoms. The van der Waals surface area contributed by atoms with E-state index < -0.39 is 5.41 Å². The van der Waals surface area contributed by atoms with E-state index in [0.717, 1.165) is 6.42 Å². The molecule has 1 saturated carbocycles. The van der Waals surface area contributed by atoms with E-state index in [0.29, 0.717) is 18.7 Å². The molecule has 4 heteroatoms. The maximum absolute atomic E-state index is 11.5.